The molecule has 0 spiro atoms. The third-order valence-electron chi connectivity index (χ3n) is 7.47. The van der Waals surface area contributed by atoms with Gasteiger partial charge in [0.2, 0.25) is 0 Å². The van der Waals surface area contributed by atoms with Crippen LogP contribution in [0.2, 0.25) is 19.6 Å². The standard InChI is InChI=1S/C32H33N3OSi/c1-22-17-26(27(20-33)21-34)19-28(36-22)12-9-24-18-25-7-5-15-35-16-6-8-30(32(25)35)31(24)23-10-13-29(14-11-23)37(2,3)4/h9-14,17-19H,5-8,15-16H2,1-4H3. The maximum absolute atomic E-state index is 9.34. The van der Waals surface area contributed by atoms with Crippen molar-refractivity contribution in [2.24, 2.45) is 0 Å². The zero-order valence-corrected chi connectivity index (χ0v) is 23.2. The minimum Gasteiger partial charge on any atom is -0.462 e. The Labute approximate surface area is 221 Å². The van der Waals surface area contributed by atoms with Gasteiger partial charge < -0.3 is 9.64 Å². The Hall–Kier alpha value is -3.80. The van der Waals surface area contributed by atoms with Gasteiger partial charge in [0, 0.05) is 24.4 Å². The van der Waals surface area contributed by atoms with E-state index in [0.29, 0.717) is 17.1 Å². The van der Waals surface area contributed by atoms with Crippen LogP contribution in [0.1, 0.15) is 36.5 Å². The SMILES string of the molecule is CC1=CC(=C(C#N)C#N)C=C(C=Cc2cc3c4c(c2-c2ccc([Si](C)(C)C)cc2)CCCN4CCC3)O1. The van der Waals surface area contributed by atoms with Crippen LogP contribution in [0.3, 0.4) is 0 Å². The number of benzene rings is 2. The van der Waals surface area contributed by atoms with Crippen molar-refractivity contribution in [3.8, 4) is 23.3 Å². The monoisotopic (exact) mass is 503 g/mol. The third-order valence-corrected chi connectivity index (χ3v) is 9.54. The summed E-state index contributed by atoms with van der Waals surface area (Å²) in [6.45, 7) is 11.3. The largest absolute Gasteiger partial charge is 0.462 e. The lowest BCUT2D eigenvalue weighted by Crippen LogP contribution is -2.37. The first-order valence-electron chi connectivity index (χ1n) is 13.1. The van der Waals surface area contributed by atoms with E-state index in [0.717, 1.165) is 25.9 Å². The molecule has 0 radical (unpaired) electrons. The van der Waals surface area contributed by atoms with Crippen molar-refractivity contribution < 1.29 is 4.74 Å². The smallest absolute Gasteiger partial charge is 0.137 e. The Bertz CT molecular complexity index is 1440. The van der Waals surface area contributed by atoms with Crippen molar-refractivity contribution >= 4 is 25.0 Å². The predicted molar refractivity (Wildman–Crippen MR) is 154 cm³/mol. The summed E-state index contributed by atoms with van der Waals surface area (Å²) < 4.78 is 5.95. The molecule has 0 fully saturated rings. The number of hydrogen-bond donors (Lipinski definition) is 0. The van der Waals surface area contributed by atoms with Crippen LogP contribution >= 0.6 is 0 Å². The van der Waals surface area contributed by atoms with Crippen LogP contribution in [-0.4, -0.2) is 21.2 Å². The summed E-state index contributed by atoms with van der Waals surface area (Å²) in [5.41, 5.74) is 8.83. The Morgan fingerprint density at radius 1 is 0.973 bits per heavy atom. The van der Waals surface area contributed by atoms with Gasteiger partial charge in [0.1, 0.15) is 29.2 Å². The van der Waals surface area contributed by atoms with E-state index >= 15 is 0 Å². The fourth-order valence-electron chi connectivity index (χ4n) is 5.71. The molecule has 2 aromatic rings. The fourth-order valence-corrected chi connectivity index (χ4v) is 6.87. The quantitative estimate of drug-likeness (QED) is 0.341. The van der Waals surface area contributed by atoms with Gasteiger partial charge in [-0.15, -0.1) is 0 Å². The van der Waals surface area contributed by atoms with Gasteiger partial charge in [-0.2, -0.15) is 10.5 Å². The molecule has 186 valence electrons. The molecule has 4 nitrogen and oxygen atoms in total. The molecular formula is C32H33N3OSi. The van der Waals surface area contributed by atoms with Gasteiger partial charge in [0.05, 0.1) is 8.07 Å². The van der Waals surface area contributed by atoms with Gasteiger partial charge in [0.25, 0.3) is 0 Å². The normalized spacial score (nSPS) is 16.8. The molecular weight excluding hydrogens is 470 g/mol. The van der Waals surface area contributed by atoms with Crippen molar-refractivity contribution in [1.29, 1.82) is 10.5 Å². The highest BCUT2D eigenvalue weighted by Crippen LogP contribution is 2.43. The van der Waals surface area contributed by atoms with Crippen molar-refractivity contribution in [1.82, 2.24) is 0 Å². The lowest BCUT2D eigenvalue weighted by molar-refractivity contribution is 0.318. The van der Waals surface area contributed by atoms with Crippen molar-refractivity contribution in [3.63, 3.8) is 0 Å². The third kappa shape index (κ3) is 4.93. The number of rotatable bonds is 4. The number of allylic oxidation sites excluding steroid dienone is 6. The minimum absolute atomic E-state index is 0.0926. The maximum Gasteiger partial charge on any atom is 0.137 e. The van der Waals surface area contributed by atoms with Gasteiger partial charge in [-0.1, -0.05) is 55.2 Å². The van der Waals surface area contributed by atoms with E-state index in [4.69, 9.17) is 4.74 Å². The second-order valence-electron chi connectivity index (χ2n) is 11.1. The van der Waals surface area contributed by atoms with E-state index in [1.54, 1.807) is 12.2 Å². The molecule has 5 rings (SSSR count). The minimum atomic E-state index is -1.38. The number of hydrogen-bond acceptors (Lipinski definition) is 4. The average molecular weight is 504 g/mol. The molecule has 0 atom stereocenters. The molecule has 0 aliphatic carbocycles. The van der Waals surface area contributed by atoms with Crippen LogP contribution in [0.15, 0.2) is 71.2 Å². The molecule has 0 unspecified atom stereocenters. The van der Waals surface area contributed by atoms with Gasteiger partial charge >= 0.3 is 0 Å². The second kappa shape index (κ2) is 9.92. The predicted octanol–water partition coefficient (Wildman–Crippen LogP) is 6.77. The molecule has 5 heteroatoms. The van der Waals surface area contributed by atoms with E-state index in [1.807, 2.05) is 25.1 Å². The lowest BCUT2D eigenvalue weighted by Gasteiger charge is -2.38. The van der Waals surface area contributed by atoms with Crippen LogP contribution in [0.5, 0.6) is 0 Å². The fraction of sp³-hybridized carbons (Fsp3) is 0.312. The van der Waals surface area contributed by atoms with Crippen LogP contribution < -0.4 is 10.1 Å². The molecule has 3 heterocycles. The zero-order chi connectivity index (χ0) is 26.2. The average Bonchev–Trinajstić information content (AvgIpc) is 2.88. The molecule has 0 amide bonds. The molecule has 0 aromatic heterocycles. The summed E-state index contributed by atoms with van der Waals surface area (Å²) in [6, 6.07) is 15.6. The number of aryl methyl sites for hydroxylation is 1. The van der Waals surface area contributed by atoms with Gasteiger partial charge in [-0.05, 0) is 84.7 Å². The molecule has 3 aliphatic heterocycles. The second-order valence-corrected chi connectivity index (χ2v) is 16.2. The lowest BCUT2D eigenvalue weighted by atomic mass is 9.83. The number of anilines is 1. The van der Waals surface area contributed by atoms with E-state index in [9.17, 15) is 10.5 Å². The van der Waals surface area contributed by atoms with E-state index < -0.39 is 8.07 Å². The van der Waals surface area contributed by atoms with Crippen LogP contribution in [0.4, 0.5) is 5.69 Å². The van der Waals surface area contributed by atoms with Gasteiger partial charge in [-0.25, -0.2) is 0 Å². The van der Waals surface area contributed by atoms with Crippen LogP contribution in [-0.2, 0) is 17.6 Å². The first-order valence-corrected chi connectivity index (χ1v) is 16.6. The Balaban J connectivity index is 1.64. The van der Waals surface area contributed by atoms with Crippen molar-refractivity contribution in [2.75, 3.05) is 18.0 Å². The highest BCUT2D eigenvalue weighted by molar-refractivity contribution is 6.88. The zero-order valence-electron chi connectivity index (χ0n) is 22.2. The van der Waals surface area contributed by atoms with E-state index in [-0.39, 0.29) is 5.57 Å². The Morgan fingerprint density at radius 2 is 1.68 bits per heavy atom. The molecule has 0 bridgehead atoms. The topological polar surface area (TPSA) is 60.0 Å². The number of nitrogens with zero attached hydrogens (tertiary/aromatic N) is 3. The summed E-state index contributed by atoms with van der Waals surface area (Å²) in [7, 11) is -1.38. The Kier molecular flexibility index (Phi) is 6.67. The van der Waals surface area contributed by atoms with Gasteiger partial charge in [-0.3, -0.25) is 0 Å². The van der Waals surface area contributed by atoms with E-state index in [1.165, 1.54) is 51.5 Å². The molecule has 37 heavy (non-hydrogen) atoms. The van der Waals surface area contributed by atoms with Crippen molar-refractivity contribution in [3.05, 3.63) is 87.9 Å². The van der Waals surface area contributed by atoms with Crippen LogP contribution in [0, 0.1) is 22.7 Å². The van der Waals surface area contributed by atoms with Crippen molar-refractivity contribution in [2.45, 2.75) is 52.2 Å². The van der Waals surface area contributed by atoms with E-state index in [2.05, 4.69) is 60.9 Å². The summed E-state index contributed by atoms with van der Waals surface area (Å²) in [5, 5.41) is 20.1. The highest BCUT2D eigenvalue weighted by atomic mass is 28.3. The van der Waals surface area contributed by atoms with Crippen LogP contribution in [0.25, 0.3) is 17.2 Å². The maximum atomic E-state index is 9.34. The molecule has 2 aromatic carbocycles. The molecule has 0 N–H and O–H groups in total. The number of ether oxygens (including phenoxy) is 1. The molecule has 0 saturated carbocycles. The molecule has 3 aliphatic rings. The first kappa shape index (κ1) is 24.9. The number of nitriles is 2. The molecule has 0 saturated heterocycles. The Morgan fingerprint density at radius 3 is 2.35 bits per heavy atom. The summed E-state index contributed by atoms with van der Waals surface area (Å²) >= 11 is 0. The highest BCUT2D eigenvalue weighted by Gasteiger charge is 2.28. The summed E-state index contributed by atoms with van der Waals surface area (Å²) in [4.78, 5) is 2.59. The summed E-state index contributed by atoms with van der Waals surface area (Å²) in [5.74, 6) is 1.30. The van der Waals surface area contributed by atoms with Gasteiger partial charge in [0.15, 0.2) is 0 Å². The first-order chi connectivity index (χ1) is 17.8. The summed E-state index contributed by atoms with van der Waals surface area (Å²) in [6.07, 6.45) is 12.2.